The van der Waals surface area contributed by atoms with Crippen LogP contribution in [-0.4, -0.2) is 55.3 Å². The minimum Gasteiger partial charge on any atom is -0.497 e. The van der Waals surface area contributed by atoms with Crippen LogP contribution in [0, 0.1) is 17.3 Å². The fourth-order valence-electron chi connectivity index (χ4n) is 6.92. The highest BCUT2D eigenvalue weighted by molar-refractivity contribution is 5.86. The van der Waals surface area contributed by atoms with Crippen molar-refractivity contribution in [1.82, 2.24) is 0 Å². The molecule has 4 aliphatic carbocycles. The van der Waals surface area contributed by atoms with Crippen molar-refractivity contribution in [1.29, 1.82) is 0 Å². The predicted molar refractivity (Wildman–Crippen MR) is 110 cm³/mol. The van der Waals surface area contributed by atoms with Crippen LogP contribution in [0.4, 0.5) is 0 Å². The molecule has 0 aromatic rings. The van der Waals surface area contributed by atoms with Crippen molar-refractivity contribution in [3.8, 4) is 0 Å². The first kappa shape index (κ1) is 20.8. The summed E-state index contributed by atoms with van der Waals surface area (Å²) in [5.74, 6) is 1.14. The number of ether oxygens (including phenoxy) is 4. The minimum absolute atomic E-state index is 0.0935. The lowest BCUT2D eigenvalue weighted by atomic mass is 9.47. The first-order valence-electron chi connectivity index (χ1n) is 11.9. The van der Waals surface area contributed by atoms with Gasteiger partial charge < -0.3 is 24.1 Å². The second-order valence-corrected chi connectivity index (χ2v) is 10.6. The molecular weight excluding hydrogens is 384 g/mol. The predicted octanol–water partition coefficient (Wildman–Crippen LogP) is 4.08. The van der Waals surface area contributed by atoms with Gasteiger partial charge in [-0.3, -0.25) is 0 Å². The van der Waals surface area contributed by atoms with Gasteiger partial charge in [0.05, 0.1) is 43.2 Å². The summed E-state index contributed by atoms with van der Waals surface area (Å²) >= 11 is 0. The summed E-state index contributed by atoms with van der Waals surface area (Å²) in [6, 6.07) is 0. The lowest BCUT2D eigenvalue weighted by Crippen LogP contribution is -2.58. The molecule has 4 unspecified atom stereocenters. The molecule has 0 amide bonds. The Bertz CT molecular complexity index is 678. The van der Waals surface area contributed by atoms with E-state index in [1.807, 2.05) is 0 Å². The minimum atomic E-state index is -0.856. The number of epoxide rings is 2. The first-order chi connectivity index (χ1) is 14.5. The maximum absolute atomic E-state index is 11.9. The third kappa shape index (κ3) is 4.42. The molecule has 168 valence electrons. The number of allylic oxidation sites excluding steroid dienone is 1. The largest absolute Gasteiger partial charge is 0.497 e. The molecule has 0 radical (unpaired) electrons. The number of hydrogen-bond donors (Lipinski definition) is 1. The fourth-order valence-corrected chi connectivity index (χ4v) is 6.92. The summed E-state index contributed by atoms with van der Waals surface area (Å²) < 4.78 is 23.5. The zero-order chi connectivity index (χ0) is 20.8. The van der Waals surface area contributed by atoms with E-state index in [2.05, 4.69) is 0 Å². The maximum Gasteiger partial charge on any atom is 0.334 e. The number of rotatable bonds is 12. The van der Waals surface area contributed by atoms with Crippen LogP contribution in [0.25, 0.3) is 0 Å². The average molecular weight is 421 g/mol. The van der Waals surface area contributed by atoms with Gasteiger partial charge in [0.1, 0.15) is 5.76 Å². The lowest BCUT2D eigenvalue weighted by Gasteiger charge is -2.62. The SMILES string of the molecule is CC(C(=O)O)=C(OCCCC1CO1)C12CC3CC(CC(OCCCC4CO4)(C3)C1)C2. The molecular formula is C24H36O6. The molecule has 1 N–H and O–H groups in total. The molecule has 6 fully saturated rings. The topological polar surface area (TPSA) is 80.8 Å². The summed E-state index contributed by atoms with van der Waals surface area (Å²) in [5.41, 5.74) is 0.132. The van der Waals surface area contributed by atoms with E-state index in [9.17, 15) is 9.90 Å². The van der Waals surface area contributed by atoms with E-state index >= 15 is 0 Å². The standard InChI is InChI=1S/C24H36O6/c1-16(22(25)26)21(27-6-2-4-19-13-28-19)23-9-17-8-18(10-23)12-24(11-17,15-23)30-7-3-5-20-14-29-20/h17-20H,2-15H2,1H3,(H,25,26). The molecule has 0 aromatic carbocycles. The smallest absolute Gasteiger partial charge is 0.334 e. The van der Waals surface area contributed by atoms with Crippen molar-refractivity contribution in [3.05, 3.63) is 11.3 Å². The quantitative estimate of drug-likeness (QED) is 0.222. The van der Waals surface area contributed by atoms with E-state index in [0.717, 1.165) is 83.4 Å². The van der Waals surface area contributed by atoms with E-state index in [1.54, 1.807) is 6.92 Å². The van der Waals surface area contributed by atoms with Crippen LogP contribution in [0.3, 0.4) is 0 Å². The second-order valence-electron chi connectivity index (χ2n) is 10.6. The molecule has 6 heteroatoms. The molecule has 30 heavy (non-hydrogen) atoms. The van der Waals surface area contributed by atoms with Gasteiger partial charge in [-0.2, -0.15) is 0 Å². The summed E-state index contributed by atoms with van der Waals surface area (Å²) in [6.45, 7) is 4.85. The highest BCUT2D eigenvalue weighted by Gasteiger charge is 2.60. The number of aliphatic carboxylic acids is 1. The monoisotopic (exact) mass is 420 g/mol. The molecule has 2 aliphatic heterocycles. The van der Waals surface area contributed by atoms with Gasteiger partial charge in [0.2, 0.25) is 0 Å². The Kier molecular flexibility index (Phi) is 5.61. The van der Waals surface area contributed by atoms with E-state index in [4.69, 9.17) is 18.9 Å². The Morgan fingerprint density at radius 1 is 1.00 bits per heavy atom. The summed E-state index contributed by atoms with van der Waals surface area (Å²) in [4.78, 5) is 11.9. The molecule has 0 aromatic heterocycles. The fraction of sp³-hybridized carbons (Fsp3) is 0.875. The van der Waals surface area contributed by atoms with Gasteiger partial charge in [0.15, 0.2) is 0 Å². The van der Waals surface area contributed by atoms with E-state index in [-0.39, 0.29) is 11.0 Å². The van der Waals surface area contributed by atoms with E-state index < -0.39 is 5.97 Å². The van der Waals surface area contributed by atoms with Crippen LogP contribution >= 0.6 is 0 Å². The Morgan fingerprint density at radius 3 is 2.17 bits per heavy atom. The van der Waals surface area contributed by atoms with Crippen molar-refractivity contribution >= 4 is 5.97 Å². The van der Waals surface area contributed by atoms with Crippen LogP contribution < -0.4 is 0 Å². The molecule has 4 atom stereocenters. The van der Waals surface area contributed by atoms with Crippen LogP contribution in [0.1, 0.15) is 71.1 Å². The summed E-state index contributed by atoms with van der Waals surface area (Å²) in [5, 5.41) is 9.80. The molecule has 6 aliphatic rings. The Morgan fingerprint density at radius 2 is 1.60 bits per heavy atom. The van der Waals surface area contributed by atoms with Gasteiger partial charge in [-0.05, 0) is 83.0 Å². The average Bonchev–Trinajstić information content (AvgIpc) is 3.58. The third-order valence-electron chi connectivity index (χ3n) is 7.95. The lowest BCUT2D eigenvalue weighted by molar-refractivity contribution is -0.193. The Labute approximate surface area is 179 Å². The highest BCUT2D eigenvalue weighted by Crippen LogP contribution is 2.65. The zero-order valence-electron chi connectivity index (χ0n) is 18.2. The van der Waals surface area contributed by atoms with Crippen LogP contribution in [0.5, 0.6) is 0 Å². The van der Waals surface area contributed by atoms with Crippen LogP contribution in [-0.2, 0) is 23.7 Å². The molecule has 0 spiro atoms. The molecule has 4 saturated carbocycles. The molecule has 2 heterocycles. The zero-order valence-corrected chi connectivity index (χ0v) is 18.2. The van der Waals surface area contributed by atoms with Crippen molar-refractivity contribution in [3.63, 3.8) is 0 Å². The summed E-state index contributed by atoms with van der Waals surface area (Å²) in [6.07, 6.45) is 11.4. The van der Waals surface area contributed by atoms with E-state index in [0.29, 0.717) is 36.2 Å². The van der Waals surface area contributed by atoms with Gasteiger partial charge >= 0.3 is 5.97 Å². The van der Waals surface area contributed by atoms with Gasteiger partial charge in [-0.25, -0.2) is 4.79 Å². The molecule has 6 rings (SSSR count). The number of carbonyl (C=O) groups is 1. The first-order valence-corrected chi connectivity index (χ1v) is 11.9. The van der Waals surface area contributed by atoms with Crippen molar-refractivity contribution in [2.45, 2.75) is 88.9 Å². The van der Waals surface area contributed by atoms with Crippen molar-refractivity contribution in [2.24, 2.45) is 17.3 Å². The summed E-state index contributed by atoms with van der Waals surface area (Å²) in [7, 11) is 0. The van der Waals surface area contributed by atoms with Crippen LogP contribution in [0.15, 0.2) is 11.3 Å². The normalized spacial score (nSPS) is 41.5. The van der Waals surface area contributed by atoms with Gasteiger partial charge in [-0.1, -0.05) is 0 Å². The highest BCUT2D eigenvalue weighted by atomic mass is 16.6. The molecule has 2 saturated heterocycles. The maximum atomic E-state index is 11.9. The van der Waals surface area contributed by atoms with Gasteiger partial charge in [-0.15, -0.1) is 0 Å². The molecule has 6 nitrogen and oxygen atoms in total. The van der Waals surface area contributed by atoms with Crippen molar-refractivity contribution in [2.75, 3.05) is 26.4 Å². The van der Waals surface area contributed by atoms with Crippen molar-refractivity contribution < 1.29 is 28.8 Å². The van der Waals surface area contributed by atoms with Gasteiger partial charge in [0, 0.05) is 12.0 Å². The number of carboxylic acids is 1. The Balaban J connectivity index is 1.30. The Hall–Kier alpha value is -1.11. The number of carboxylic acid groups (broad SMARTS) is 1. The molecule has 4 bridgehead atoms. The third-order valence-corrected chi connectivity index (χ3v) is 7.95. The number of hydrogen-bond acceptors (Lipinski definition) is 5. The van der Waals surface area contributed by atoms with E-state index in [1.165, 1.54) is 6.42 Å². The van der Waals surface area contributed by atoms with Crippen LogP contribution in [0.2, 0.25) is 0 Å². The van der Waals surface area contributed by atoms with Gasteiger partial charge in [0.25, 0.3) is 0 Å². The second kappa shape index (κ2) is 8.10.